The Labute approximate surface area is 115 Å². The van der Waals surface area contributed by atoms with Crippen molar-refractivity contribution >= 4 is 29.5 Å². The van der Waals surface area contributed by atoms with Gasteiger partial charge >= 0.3 is 6.03 Å². The lowest BCUT2D eigenvalue weighted by molar-refractivity contribution is -0.143. The van der Waals surface area contributed by atoms with E-state index in [1.165, 1.54) is 6.08 Å². The topological polar surface area (TPSA) is 152 Å². The van der Waals surface area contributed by atoms with Crippen molar-refractivity contribution < 1.29 is 14.4 Å². The zero-order chi connectivity index (χ0) is 15.3. The summed E-state index contributed by atoms with van der Waals surface area (Å²) in [4.78, 5) is 35.1. The van der Waals surface area contributed by atoms with Gasteiger partial charge in [0.25, 0.3) is 0 Å². The number of amides is 4. The number of carbonyl (C=O) groups is 3. The Balaban J connectivity index is 3.09. The van der Waals surface area contributed by atoms with E-state index in [4.69, 9.17) is 11.5 Å². The summed E-state index contributed by atoms with van der Waals surface area (Å²) in [5.74, 6) is -1.65. The molecule has 0 atom stereocenters. The fourth-order valence-corrected chi connectivity index (χ4v) is 1.86. The van der Waals surface area contributed by atoms with Gasteiger partial charge in [0.1, 0.15) is 5.41 Å². The summed E-state index contributed by atoms with van der Waals surface area (Å²) in [7, 11) is 0. The molecule has 0 spiro atoms. The van der Waals surface area contributed by atoms with Crippen LogP contribution < -0.4 is 22.1 Å². The standard InChI is InChI=1S/C11H16N6O3/c1-3-4-11(5-6(2)16-17-9(12)13)7(18)14-10(20)15-8(11)19/h3H,1,4-5H2,2H3,(H4,12,13,17)(H2,14,15,18,19,20)/b16-6+. The molecule has 0 bridgehead atoms. The highest BCUT2D eigenvalue weighted by Crippen LogP contribution is 2.30. The van der Waals surface area contributed by atoms with Crippen molar-refractivity contribution in [1.82, 2.24) is 10.6 Å². The molecule has 9 heteroatoms. The second kappa shape index (κ2) is 5.95. The number of nitrogens with one attached hydrogen (secondary N) is 2. The number of nitrogens with zero attached hydrogens (tertiary/aromatic N) is 2. The normalized spacial score (nSPS) is 18.1. The van der Waals surface area contributed by atoms with E-state index in [0.29, 0.717) is 5.71 Å². The number of guanidine groups is 1. The highest BCUT2D eigenvalue weighted by Gasteiger charge is 2.49. The lowest BCUT2D eigenvalue weighted by Gasteiger charge is -2.32. The van der Waals surface area contributed by atoms with Crippen molar-refractivity contribution in [3.63, 3.8) is 0 Å². The van der Waals surface area contributed by atoms with Crippen LogP contribution in [-0.2, 0) is 9.59 Å². The number of urea groups is 1. The molecule has 4 amide bonds. The van der Waals surface area contributed by atoms with Crippen molar-refractivity contribution in [2.45, 2.75) is 19.8 Å². The third kappa shape index (κ3) is 3.19. The van der Waals surface area contributed by atoms with Crippen LogP contribution in [0.15, 0.2) is 22.9 Å². The lowest BCUT2D eigenvalue weighted by Crippen LogP contribution is -2.62. The average Bonchev–Trinajstić information content (AvgIpc) is 2.33. The van der Waals surface area contributed by atoms with Crippen LogP contribution in [0.4, 0.5) is 4.79 Å². The zero-order valence-electron chi connectivity index (χ0n) is 11.0. The largest absolute Gasteiger partial charge is 0.369 e. The Morgan fingerprint density at radius 1 is 1.25 bits per heavy atom. The molecule has 0 aliphatic carbocycles. The van der Waals surface area contributed by atoms with E-state index in [1.807, 2.05) is 0 Å². The molecule has 0 unspecified atom stereocenters. The van der Waals surface area contributed by atoms with Crippen LogP contribution in [0.5, 0.6) is 0 Å². The monoisotopic (exact) mass is 280 g/mol. The predicted molar refractivity (Wildman–Crippen MR) is 72.5 cm³/mol. The maximum atomic E-state index is 12.0. The molecule has 108 valence electrons. The van der Waals surface area contributed by atoms with E-state index in [0.717, 1.165) is 0 Å². The molecule has 1 heterocycles. The van der Waals surface area contributed by atoms with E-state index >= 15 is 0 Å². The quantitative estimate of drug-likeness (QED) is 0.166. The Morgan fingerprint density at radius 2 is 1.80 bits per heavy atom. The summed E-state index contributed by atoms with van der Waals surface area (Å²) in [5.41, 5.74) is 9.16. The van der Waals surface area contributed by atoms with Crippen LogP contribution in [0, 0.1) is 5.41 Å². The summed E-state index contributed by atoms with van der Waals surface area (Å²) in [5, 5.41) is 11.3. The molecule has 0 aromatic rings. The van der Waals surface area contributed by atoms with Gasteiger partial charge in [0.15, 0.2) is 0 Å². The zero-order valence-corrected chi connectivity index (χ0v) is 11.0. The molecular formula is C11H16N6O3. The molecule has 6 N–H and O–H groups in total. The number of allylic oxidation sites excluding steroid dienone is 1. The Hall–Kier alpha value is -2.71. The maximum Gasteiger partial charge on any atom is 0.328 e. The minimum absolute atomic E-state index is 0.0409. The van der Waals surface area contributed by atoms with Gasteiger partial charge in [-0.15, -0.1) is 11.7 Å². The van der Waals surface area contributed by atoms with E-state index in [9.17, 15) is 14.4 Å². The Morgan fingerprint density at radius 3 is 2.25 bits per heavy atom. The van der Waals surface area contributed by atoms with Gasteiger partial charge in [0.05, 0.1) is 0 Å². The first-order valence-electron chi connectivity index (χ1n) is 5.71. The number of hydrogen-bond acceptors (Lipinski definition) is 5. The predicted octanol–water partition coefficient (Wildman–Crippen LogP) is -1.05. The molecule has 0 aromatic heterocycles. The molecule has 20 heavy (non-hydrogen) atoms. The first-order chi connectivity index (χ1) is 9.31. The molecule has 0 radical (unpaired) electrons. The number of imide groups is 2. The second-order valence-corrected chi connectivity index (χ2v) is 4.35. The first-order valence-corrected chi connectivity index (χ1v) is 5.71. The minimum atomic E-state index is -1.48. The average molecular weight is 280 g/mol. The van der Waals surface area contributed by atoms with Gasteiger partial charge in [-0.25, -0.2) is 4.79 Å². The smallest absolute Gasteiger partial charge is 0.328 e. The van der Waals surface area contributed by atoms with Gasteiger partial charge in [-0.1, -0.05) is 6.08 Å². The molecule has 1 rings (SSSR count). The summed E-state index contributed by atoms with van der Waals surface area (Å²) >= 11 is 0. The minimum Gasteiger partial charge on any atom is -0.369 e. The van der Waals surface area contributed by atoms with Gasteiger partial charge < -0.3 is 11.5 Å². The summed E-state index contributed by atoms with van der Waals surface area (Å²) in [6.07, 6.45) is 1.43. The van der Waals surface area contributed by atoms with Crippen LogP contribution in [0.25, 0.3) is 0 Å². The number of nitrogens with two attached hydrogens (primary N) is 2. The van der Waals surface area contributed by atoms with Crippen LogP contribution >= 0.6 is 0 Å². The van der Waals surface area contributed by atoms with Gasteiger partial charge in [-0.05, 0) is 13.3 Å². The SMILES string of the molecule is C=CCC1(C/C(C)=N/N=C(N)N)C(=O)NC(=O)NC1=O. The van der Waals surface area contributed by atoms with E-state index in [2.05, 4.69) is 27.4 Å². The number of rotatable bonds is 5. The van der Waals surface area contributed by atoms with Crippen molar-refractivity contribution in [1.29, 1.82) is 0 Å². The third-order valence-corrected chi connectivity index (χ3v) is 2.71. The molecule has 1 fully saturated rings. The molecular weight excluding hydrogens is 264 g/mol. The third-order valence-electron chi connectivity index (χ3n) is 2.71. The van der Waals surface area contributed by atoms with Gasteiger partial charge in [0.2, 0.25) is 17.8 Å². The summed E-state index contributed by atoms with van der Waals surface area (Å²) < 4.78 is 0. The molecule has 0 saturated carbocycles. The number of barbiturate groups is 1. The van der Waals surface area contributed by atoms with Gasteiger partial charge in [-0.3, -0.25) is 20.2 Å². The molecule has 1 aliphatic rings. The van der Waals surface area contributed by atoms with E-state index in [1.54, 1.807) is 6.92 Å². The summed E-state index contributed by atoms with van der Waals surface area (Å²) in [6.45, 7) is 5.08. The summed E-state index contributed by atoms with van der Waals surface area (Å²) in [6, 6.07) is -0.849. The maximum absolute atomic E-state index is 12.0. The first kappa shape index (κ1) is 15.3. The Bertz CT molecular complexity index is 498. The Kier molecular flexibility index (Phi) is 4.57. The van der Waals surface area contributed by atoms with Gasteiger partial charge in [-0.2, -0.15) is 5.10 Å². The number of carbonyl (C=O) groups excluding carboxylic acids is 3. The number of hydrogen-bond donors (Lipinski definition) is 4. The van der Waals surface area contributed by atoms with Crippen LogP contribution in [0.1, 0.15) is 19.8 Å². The van der Waals surface area contributed by atoms with Crippen LogP contribution in [-0.4, -0.2) is 29.5 Å². The van der Waals surface area contributed by atoms with Crippen molar-refractivity contribution in [2.24, 2.45) is 27.1 Å². The van der Waals surface area contributed by atoms with E-state index in [-0.39, 0.29) is 18.8 Å². The van der Waals surface area contributed by atoms with Crippen molar-refractivity contribution in [3.05, 3.63) is 12.7 Å². The molecule has 1 aliphatic heterocycles. The fraction of sp³-hybridized carbons (Fsp3) is 0.364. The highest BCUT2D eigenvalue weighted by molar-refractivity contribution is 6.20. The fourth-order valence-electron chi connectivity index (χ4n) is 1.86. The van der Waals surface area contributed by atoms with Crippen molar-refractivity contribution in [2.75, 3.05) is 0 Å². The molecule has 9 nitrogen and oxygen atoms in total. The van der Waals surface area contributed by atoms with Crippen molar-refractivity contribution in [3.8, 4) is 0 Å². The van der Waals surface area contributed by atoms with E-state index < -0.39 is 23.3 Å². The molecule has 0 aromatic carbocycles. The second-order valence-electron chi connectivity index (χ2n) is 4.35. The van der Waals surface area contributed by atoms with Crippen LogP contribution in [0.2, 0.25) is 0 Å². The van der Waals surface area contributed by atoms with Crippen LogP contribution in [0.3, 0.4) is 0 Å². The lowest BCUT2D eigenvalue weighted by atomic mass is 9.76. The molecule has 1 saturated heterocycles. The highest BCUT2D eigenvalue weighted by atomic mass is 16.2. The van der Waals surface area contributed by atoms with Gasteiger partial charge in [0, 0.05) is 12.1 Å².